The highest BCUT2D eigenvalue weighted by atomic mass is 79.9. The van der Waals surface area contributed by atoms with Crippen molar-refractivity contribution in [3.8, 4) is 0 Å². The highest BCUT2D eigenvalue weighted by Crippen LogP contribution is 2.33. The Morgan fingerprint density at radius 2 is 1.85 bits per heavy atom. The number of hydrogen-bond donors (Lipinski definition) is 0. The summed E-state index contributed by atoms with van der Waals surface area (Å²) in [6, 6.07) is 7.79. The van der Waals surface area contributed by atoms with Crippen molar-refractivity contribution in [2.24, 2.45) is 16.3 Å². The van der Waals surface area contributed by atoms with Gasteiger partial charge >= 0.3 is 0 Å². The molecule has 1 saturated carbocycles. The fourth-order valence-electron chi connectivity index (χ4n) is 2.45. The summed E-state index contributed by atoms with van der Waals surface area (Å²) in [6.45, 7) is 4.39. The van der Waals surface area contributed by atoms with Gasteiger partial charge < -0.3 is 0 Å². The molecule has 20 heavy (non-hydrogen) atoms. The average molecular weight is 336 g/mol. The molecule has 0 aromatic heterocycles. The van der Waals surface area contributed by atoms with E-state index < -0.39 is 5.92 Å². The molecule has 0 amide bonds. The molecule has 1 aromatic rings. The van der Waals surface area contributed by atoms with Gasteiger partial charge in [-0.05, 0) is 17.0 Å². The smallest absolute Gasteiger partial charge is 0.149 e. The van der Waals surface area contributed by atoms with E-state index in [-0.39, 0.29) is 17.0 Å². The van der Waals surface area contributed by atoms with Crippen molar-refractivity contribution in [3.63, 3.8) is 0 Å². The van der Waals surface area contributed by atoms with Gasteiger partial charge in [-0.2, -0.15) is 0 Å². The highest BCUT2D eigenvalue weighted by molar-refractivity contribution is 9.10. The molecule has 0 spiro atoms. The summed E-state index contributed by atoms with van der Waals surface area (Å²) in [7, 11) is 0. The lowest BCUT2D eigenvalue weighted by Crippen LogP contribution is -2.38. The van der Waals surface area contributed by atoms with Gasteiger partial charge in [0.25, 0.3) is 0 Å². The molecule has 0 unspecified atom stereocenters. The minimum Gasteiger partial charge on any atom is -0.298 e. The number of benzene rings is 1. The molecule has 0 atom stereocenters. The topological polar surface area (TPSA) is 46.5 Å². The van der Waals surface area contributed by atoms with Gasteiger partial charge in [0.1, 0.15) is 17.5 Å². The van der Waals surface area contributed by atoms with Crippen LogP contribution in [0, 0.1) is 11.3 Å². The Bertz CT molecular complexity index is 543. The second-order valence-corrected chi connectivity index (χ2v) is 6.86. The van der Waals surface area contributed by atoms with Crippen LogP contribution in [0.4, 0.5) is 0 Å². The molecule has 3 nitrogen and oxygen atoms in total. The van der Waals surface area contributed by atoms with Crippen molar-refractivity contribution in [3.05, 3.63) is 34.3 Å². The maximum atomic E-state index is 12.0. The maximum absolute atomic E-state index is 12.0. The number of nitrogens with zero attached hydrogens (tertiary/aromatic N) is 1. The second-order valence-electron chi connectivity index (χ2n) is 6.01. The third kappa shape index (κ3) is 3.63. The molecule has 4 heteroatoms. The van der Waals surface area contributed by atoms with Gasteiger partial charge in [-0.1, -0.05) is 48.0 Å². The Kier molecular flexibility index (Phi) is 4.53. The van der Waals surface area contributed by atoms with Gasteiger partial charge in [-0.15, -0.1) is 0 Å². The van der Waals surface area contributed by atoms with Crippen LogP contribution in [0.5, 0.6) is 0 Å². The number of carbonyl (C=O) groups is 2. The number of rotatable bonds is 3. The van der Waals surface area contributed by atoms with E-state index in [2.05, 4.69) is 20.9 Å². The van der Waals surface area contributed by atoms with Crippen molar-refractivity contribution in [1.82, 2.24) is 0 Å². The van der Waals surface area contributed by atoms with Crippen molar-refractivity contribution in [1.29, 1.82) is 0 Å². The molecule has 0 aliphatic heterocycles. The second kappa shape index (κ2) is 6.00. The first-order valence-corrected chi connectivity index (χ1v) is 7.47. The zero-order valence-corrected chi connectivity index (χ0v) is 13.3. The zero-order valence-electron chi connectivity index (χ0n) is 11.7. The predicted octanol–water partition coefficient (Wildman–Crippen LogP) is 3.59. The average Bonchev–Trinajstić information content (AvgIpc) is 2.33. The summed E-state index contributed by atoms with van der Waals surface area (Å²) in [6.07, 6.45) is 2.42. The molecule has 0 saturated heterocycles. The molecule has 0 N–H and O–H groups in total. The number of halogens is 1. The molecule has 1 fully saturated rings. The molecule has 0 radical (unpaired) electrons. The van der Waals surface area contributed by atoms with E-state index in [1.54, 1.807) is 0 Å². The maximum Gasteiger partial charge on any atom is 0.149 e. The van der Waals surface area contributed by atoms with Crippen LogP contribution in [0.3, 0.4) is 0 Å². The van der Waals surface area contributed by atoms with E-state index in [0.717, 1.165) is 10.0 Å². The van der Waals surface area contributed by atoms with Crippen molar-refractivity contribution in [2.45, 2.75) is 33.2 Å². The molecule has 1 aromatic carbocycles. The first-order valence-electron chi connectivity index (χ1n) is 6.68. The largest absolute Gasteiger partial charge is 0.298 e. The van der Waals surface area contributed by atoms with E-state index >= 15 is 0 Å². The lowest BCUT2D eigenvalue weighted by Gasteiger charge is -2.30. The molecule has 1 aliphatic rings. The van der Waals surface area contributed by atoms with Gasteiger partial charge in [0.05, 0.1) is 6.54 Å². The zero-order chi connectivity index (χ0) is 14.8. The monoisotopic (exact) mass is 335 g/mol. The van der Waals surface area contributed by atoms with Gasteiger partial charge in [-0.25, -0.2) is 0 Å². The Hall–Kier alpha value is -1.29. The van der Waals surface area contributed by atoms with Gasteiger partial charge in [0.15, 0.2) is 0 Å². The summed E-state index contributed by atoms with van der Waals surface area (Å²) in [4.78, 5) is 28.3. The van der Waals surface area contributed by atoms with E-state index in [1.807, 2.05) is 38.1 Å². The first kappa shape index (κ1) is 15.1. The third-order valence-electron chi connectivity index (χ3n) is 3.47. The molecule has 2 rings (SSSR count). The number of aliphatic imine (C=N–C) groups is 1. The number of hydrogen-bond acceptors (Lipinski definition) is 3. The van der Waals surface area contributed by atoms with Crippen LogP contribution in [0.1, 0.15) is 32.3 Å². The lowest BCUT2D eigenvalue weighted by molar-refractivity contribution is -0.136. The van der Waals surface area contributed by atoms with Gasteiger partial charge in [-0.3, -0.25) is 14.6 Å². The quantitative estimate of drug-likeness (QED) is 0.625. The Balaban J connectivity index is 2.03. The normalized spacial score (nSPS) is 19.8. The number of ketones is 2. The van der Waals surface area contributed by atoms with Crippen LogP contribution in [-0.2, 0) is 16.1 Å². The van der Waals surface area contributed by atoms with E-state index in [0.29, 0.717) is 19.4 Å². The standard InChI is InChI=1S/C16H18BrNO2/c1-16(2)7-14(19)12(15(20)8-16)10-18-9-11-5-3-4-6-13(11)17/h3-6,10,12H,7-9H2,1-2H3. The Labute approximate surface area is 127 Å². The van der Waals surface area contributed by atoms with Gasteiger partial charge in [0.2, 0.25) is 0 Å². The number of Topliss-reactive ketones (excluding diaryl/α,β-unsaturated/α-hetero) is 2. The minimum absolute atomic E-state index is 0.0119. The molecule has 0 heterocycles. The Morgan fingerprint density at radius 1 is 1.25 bits per heavy atom. The minimum atomic E-state index is -0.648. The first-order chi connectivity index (χ1) is 9.39. The molecular formula is C16H18BrNO2. The summed E-state index contributed by atoms with van der Waals surface area (Å²) in [5.74, 6) is -0.672. The van der Waals surface area contributed by atoms with Gasteiger partial charge in [0, 0.05) is 23.5 Å². The molecule has 1 aliphatic carbocycles. The van der Waals surface area contributed by atoms with Crippen molar-refractivity contribution >= 4 is 33.7 Å². The summed E-state index contributed by atoms with van der Waals surface area (Å²) < 4.78 is 0.986. The fraction of sp³-hybridized carbons (Fsp3) is 0.438. The SMILES string of the molecule is CC1(C)CC(=O)C(C=NCc2ccccc2Br)C(=O)C1. The summed E-state index contributed by atoms with van der Waals surface area (Å²) >= 11 is 3.45. The molecular weight excluding hydrogens is 318 g/mol. The van der Waals surface area contributed by atoms with E-state index in [4.69, 9.17) is 0 Å². The van der Waals surface area contributed by atoms with Crippen molar-refractivity contribution in [2.75, 3.05) is 0 Å². The summed E-state index contributed by atoms with van der Waals surface area (Å²) in [5.41, 5.74) is 0.834. The predicted molar refractivity (Wildman–Crippen MR) is 82.9 cm³/mol. The fourth-order valence-corrected chi connectivity index (χ4v) is 2.86. The molecule has 0 bridgehead atoms. The van der Waals surface area contributed by atoms with Crippen LogP contribution in [0.2, 0.25) is 0 Å². The van der Waals surface area contributed by atoms with E-state index in [9.17, 15) is 9.59 Å². The lowest BCUT2D eigenvalue weighted by atomic mass is 9.72. The Morgan fingerprint density at radius 3 is 2.45 bits per heavy atom. The van der Waals surface area contributed by atoms with Crippen LogP contribution in [-0.4, -0.2) is 17.8 Å². The van der Waals surface area contributed by atoms with Crippen LogP contribution in [0.15, 0.2) is 33.7 Å². The third-order valence-corrected chi connectivity index (χ3v) is 4.25. The summed E-state index contributed by atoms with van der Waals surface area (Å²) in [5, 5.41) is 0. The van der Waals surface area contributed by atoms with Crippen LogP contribution < -0.4 is 0 Å². The number of carbonyl (C=O) groups excluding carboxylic acids is 2. The van der Waals surface area contributed by atoms with E-state index in [1.165, 1.54) is 6.21 Å². The molecule has 106 valence electrons. The van der Waals surface area contributed by atoms with Crippen LogP contribution in [0.25, 0.3) is 0 Å². The van der Waals surface area contributed by atoms with Crippen LogP contribution >= 0.6 is 15.9 Å². The van der Waals surface area contributed by atoms with Crippen molar-refractivity contribution < 1.29 is 9.59 Å². The highest BCUT2D eigenvalue weighted by Gasteiger charge is 2.38.